The van der Waals surface area contributed by atoms with E-state index in [9.17, 15) is 4.79 Å². The molecule has 2 heterocycles. The van der Waals surface area contributed by atoms with Gasteiger partial charge >= 0.3 is 5.97 Å². The number of nitrogens with one attached hydrogen (secondary N) is 1. The first-order chi connectivity index (χ1) is 16.8. The molecule has 0 amide bonds. The van der Waals surface area contributed by atoms with E-state index in [1.54, 1.807) is 13.8 Å². The van der Waals surface area contributed by atoms with Crippen LogP contribution in [0.4, 0.5) is 0 Å². The lowest BCUT2D eigenvalue weighted by Crippen LogP contribution is -2.46. The summed E-state index contributed by atoms with van der Waals surface area (Å²) in [7, 11) is 1.37. The first-order valence-corrected chi connectivity index (χ1v) is 12.6. The van der Waals surface area contributed by atoms with Crippen LogP contribution in [0.25, 0.3) is 11.1 Å². The van der Waals surface area contributed by atoms with Crippen LogP contribution in [0.1, 0.15) is 46.5 Å². The number of carbonyl (C=O) groups is 1. The fourth-order valence-corrected chi connectivity index (χ4v) is 4.89. The van der Waals surface area contributed by atoms with E-state index in [1.165, 1.54) is 25.6 Å². The van der Waals surface area contributed by atoms with E-state index >= 15 is 0 Å². The Hall–Kier alpha value is -2.99. The van der Waals surface area contributed by atoms with Gasteiger partial charge in [0.25, 0.3) is 0 Å². The Morgan fingerprint density at radius 2 is 1.71 bits per heavy atom. The molecule has 188 valence electrons. The van der Waals surface area contributed by atoms with E-state index in [-0.39, 0.29) is 0 Å². The number of allylic oxidation sites excluding steroid dienone is 1. The van der Waals surface area contributed by atoms with Gasteiger partial charge in [-0.3, -0.25) is 4.90 Å². The normalized spacial score (nSPS) is 19.1. The van der Waals surface area contributed by atoms with Crippen molar-refractivity contribution in [3.8, 4) is 22.6 Å². The molecule has 0 spiro atoms. The molecular formula is C29H38N2O4. The molecule has 4 rings (SSSR count). The number of ether oxygens (including phenoxy) is 3. The summed E-state index contributed by atoms with van der Waals surface area (Å²) in [6, 6.07) is 15.9. The Kier molecular flexibility index (Phi) is 8.01. The number of benzene rings is 2. The van der Waals surface area contributed by atoms with Gasteiger partial charge in [0.05, 0.1) is 19.9 Å². The highest BCUT2D eigenvalue weighted by molar-refractivity contribution is 5.79. The molecule has 0 radical (unpaired) electrons. The molecule has 6 nitrogen and oxygen atoms in total. The third-order valence-corrected chi connectivity index (χ3v) is 6.98. The van der Waals surface area contributed by atoms with Crippen molar-refractivity contribution >= 4 is 5.97 Å². The summed E-state index contributed by atoms with van der Waals surface area (Å²) in [5, 5.41) is 3.58. The minimum absolute atomic E-state index is 0.411. The Morgan fingerprint density at radius 1 is 1.06 bits per heavy atom. The van der Waals surface area contributed by atoms with E-state index in [1.807, 2.05) is 36.4 Å². The number of rotatable bonds is 9. The number of hydrogen-bond donors (Lipinski definition) is 1. The first-order valence-electron chi connectivity index (χ1n) is 12.6. The second kappa shape index (κ2) is 11.2. The molecule has 1 saturated heterocycles. The topological polar surface area (TPSA) is 60.0 Å². The highest BCUT2D eigenvalue weighted by Crippen LogP contribution is 2.29. The number of nitrogens with zero attached hydrogens (tertiary/aromatic N) is 1. The number of hydrogen-bond acceptors (Lipinski definition) is 6. The summed E-state index contributed by atoms with van der Waals surface area (Å²) in [6.07, 6.45) is 7.45. The molecule has 2 aromatic rings. The van der Waals surface area contributed by atoms with Crippen LogP contribution in [0, 0.1) is 5.92 Å². The fraction of sp³-hybridized carbons (Fsp3) is 0.483. The van der Waals surface area contributed by atoms with E-state index in [0.29, 0.717) is 11.9 Å². The van der Waals surface area contributed by atoms with Gasteiger partial charge in [0.15, 0.2) is 5.60 Å². The lowest BCUT2D eigenvalue weighted by atomic mass is 9.93. The SMILES string of the molecule is COC(=O)C(C)(C)Oc1cccc(-c2cccc(OCCC3CCN(C4CC=C(C)N4)CC3)c2)c1. The number of carbonyl (C=O) groups excluding carboxylic acids is 1. The lowest BCUT2D eigenvalue weighted by Gasteiger charge is -2.36. The summed E-state index contributed by atoms with van der Waals surface area (Å²) in [4.78, 5) is 14.6. The zero-order chi connectivity index (χ0) is 24.8. The molecule has 2 aliphatic rings. The maximum absolute atomic E-state index is 12.0. The highest BCUT2D eigenvalue weighted by Gasteiger charge is 2.31. The molecule has 1 unspecified atom stereocenters. The molecule has 1 fully saturated rings. The summed E-state index contributed by atoms with van der Waals surface area (Å²) >= 11 is 0. The van der Waals surface area contributed by atoms with Gasteiger partial charge in [-0.05, 0) is 81.3 Å². The van der Waals surface area contributed by atoms with E-state index < -0.39 is 11.6 Å². The Balaban J connectivity index is 1.28. The standard InChI is InChI=1S/C29H38N2O4/c1-21-11-12-27(30-21)31-16-13-22(14-17-31)15-18-34-25-9-5-7-23(19-25)24-8-6-10-26(20-24)35-29(2,3)28(32)33-4/h5-11,19-20,22,27,30H,12-18H2,1-4H3. The summed E-state index contributed by atoms with van der Waals surface area (Å²) < 4.78 is 16.9. The largest absolute Gasteiger partial charge is 0.494 e. The molecule has 1 atom stereocenters. The van der Waals surface area contributed by atoms with Crippen LogP contribution in [0.15, 0.2) is 60.3 Å². The van der Waals surface area contributed by atoms with Gasteiger partial charge in [-0.15, -0.1) is 0 Å². The van der Waals surface area contributed by atoms with E-state index in [4.69, 9.17) is 14.2 Å². The second-order valence-electron chi connectivity index (χ2n) is 10.1. The molecule has 0 bridgehead atoms. The lowest BCUT2D eigenvalue weighted by molar-refractivity contribution is -0.156. The van der Waals surface area contributed by atoms with Crippen molar-refractivity contribution < 1.29 is 19.0 Å². The van der Waals surface area contributed by atoms with Gasteiger partial charge in [0, 0.05) is 25.2 Å². The van der Waals surface area contributed by atoms with Crippen molar-refractivity contribution in [2.24, 2.45) is 5.92 Å². The first kappa shape index (κ1) is 25.1. The van der Waals surface area contributed by atoms with Crippen LogP contribution in [-0.4, -0.2) is 49.4 Å². The van der Waals surface area contributed by atoms with Crippen LogP contribution in [0.3, 0.4) is 0 Å². The monoisotopic (exact) mass is 478 g/mol. The number of likely N-dealkylation sites (tertiary alicyclic amines) is 1. The number of esters is 1. The average Bonchev–Trinajstić information content (AvgIpc) is 3.30. The highest BCUT2D eigenvalue weighted by atomic mass is 16.6. The van der Waals surface area contributed by atoms with Gasteiger partial charge < -0.3 is 19.5 Å². The average molecular weight is 479 g/mol. The minimum atomic E-state index is -1.06. The van der Waals surface area contributed by atoms with E-state index in [0.717, 1.165) is 55.3 Å². The zero-order valence-electron chi connectivity index (χ0n) is 21.4. The molecule has 35 heavy (non-hydrogen) atoms. The maximum atomic E-state index is 12.0. The predicted molar refractivity (Wildman–Crippen MR) is 138 cm³/mol. The molecule has 0 aliphatic carbocycles. The van der Waals surface area contributed by atoms with Crippen LogP contribution >= 0.6 is 0 Å². The van der Waals surface area contributed by atoms with Crippen molar-refractivity contribution in [2.75, 3.05) is 26.8 Å². The van der Waals surface area contributed by atoms with Crippen molar-refractivity contribution in [1.29, 1.82) is 0 Å². The molecule has 2 aliphatic heterocycles. The van der Waals surface area contributed by atoms with Gasteiger partial charge in [0.2, 0.25) is 0 Å². The summed E-state index contributed by atoms with van der Waals surface area (Å²) in [5.74, 6) is 1.80. The predicted octanol–water partition coefficient (Wildman–Crippen LogP) is 5.39. The summed E-state index contributed by atoms with van der Waals surface area (Å²) in [6.45, 7) is 8.60. The van der Waals surface area contributed by atoms with Crippen molar-refractivity contribution in [3.63, 3.8) is 0 Å². The van der Waals surface area contributed by atoms with Crippen molar-refractivity contribution in [1.82, 2.24) is 10.2 Å². The van der Waals surface area contributed by atoms with Crippen LogP contribution in [0.2, 0.25) is 0 Å². The number of methoxy groups -OCH3 is 1. The molecule has 6 heteroatoms. The Labute approximate surface area is 209 Å². The van der Waals surface area contributed by atoms with Gasteiger partial charge in [-0.25, -0.2) is 4.79 Å². The van der Waals surface area contributed by atoms with Crippen molar-refractivity contribution in [3.05, 3.63) is 60.3 Å². The number of piperidine rings is 1. The van der Waals surface area contributed by atoms with Crippen LogP contribution in [-0.2, 0) is 9.53 Å². The molecule has 0 aromatic heterocycles. The Morgan fingerprint density at radius 3 is 2.34 bits per heavy atom. The third-order valence-electron chi connectivity index (χ3n) is 6.98. The summed E-state index contributed by atoms with van der Waals surface area (Å²) in [5.41, 5.74) is 2.30. The van der Waals surface area contributed by atoms with Gasteiger partial charge in [-0.2, -0.15) is 0 Å². The quantitative estimate of drug-likeness (QED) is 0.488. The molecule has 1 N–H and O–H groups in total. The fourth-order valence-electron chi connectivity index (χ4n) is 4.89. The third kappa shape index (κ3) is 6.57. The van der Waals surface area contributed by atoms with Gasteiger partial charge in [-0.1, -0.05) is 30.3 Å². The van der Waals surface area contributed by atoms with Crippen LogP contribution in [0.5, 0.6) is 11.5 Å². The molecule has 2 aromatic carbocycles. The maximum Gasteiger partial charge on any atom is 0.349 e. The second-order valence-corrected chi connectivity index (χ2v) is 10.1. The molecule has 0 saturated carbocycles. The van der Waals surface area contributed by atoms with Crippen LogP contribution < -0.4 is 14.8 Å². The van der Waals surface area contributed by atoms with E-state index in [2.05, 4.69) is 35.3 Å². The van der Waals surface area contributed by atoms with Crippen molar-refractivity contribution in [2.45, 2.75) is 58.2 Å². The van der Waals surface area contributed by atoms with Gasteiger partial charge in [0.1, 0.15) is 11.5 Å². The minimum Gasteiger partial charge on any atom is -0.494 e. The zero-order valence-corrected chi connectivity index (χ0v) is 21.4. The molecular weight excluding hydrogens is 440 g/mol. The smallest absolute Gasteiger partial charge is 0.349 e. The Bertz CT molecular complexity index is 1040.